The van der Waals surface area contributed by atoms with Gasteiger partial charge in [-0.05, 0) is 7.05 Å². The summed E-state index contributed by atoms with van der Waals surface area (Å²) in [6, 6.07) is 0. The highest BCUT2D eigenvalue weighted by Crippen LogP contribution is 1.50. The van der Waals surface area contributed by atoms with Gasteiger partial charge in [-0.2, -0.15) is 0 Å². The lowest BCUT2D eigenvalue weighted by atomic mass is 10.7. The van der Waals surface area contributed by atoms with Crippen LogP contribution in [0.4, 0.5) is 0 Å². The summed E-state index contributed by atoms with van der Waals surface area (Å²) >= 11 is 0. The third kappa shape index (κ3) is 66.5. The smallest absolute Gasteiger partial charge is 0.317 e. The molecule has 0 aliphatic carbocycles. The van der Waals surface area contributed by atoms with Crippen LogP contribution < -0.4 is 5.32 Å². The second-order valence-corrected chi connectivity index (χ2v) is 1.44. The fraction of sp³-hybridized carbons (Fsp3) is 0.600. The van der Waals surface area contributed by atoms with E-state index in [9.17, 15) is 4.79 Å². The van der Waals surface area contributed by atoms with E-state index in [1.807, 2.05) is 0 Å². The van der Waals surface area contributed by atoms with Crippen LogP contribution >= 0.6 is 0 Å². The van der Waals surface area contributed by atoms with Crippen molar-refractivity contribution in [1.29, 1.82) is 0 Å². The van der Waals surface area contributed by atoms with Crippen LogP contribution in [0.5, 0.6) is 0 Å². The zero-order valence-electron chi connectivity index (χ0n) is 5.92. The van der Waals surface area contributed by atoms with Crippen LogP contribution in [0.3, 0.4) is 0 Å². The molecule has 0 rings (SSSR count). The predicted octanol–water partition coefficient (Wildman–Crippen LogP) is -0.619. The first-order valence-electron chi connectivity index (χ1n) is 2.56. The predicted molar refractivity (Wildman–Crippen MR) is 34.9 cm³/mol. The van der Waals surface area contributed by atoms with Crippen molar-refractivity contribution < 1.29 is 19.8 Å². The normalized spacial score (nSPS) is 7.40. The molecular formula is C5H11NO4. The van der Waals surface area contributed by atoms with E-state index in [2.05, 4.69) is 5.32 Å². The number of hydrogen-bond acceptors (Lipinski definition) is 3. The standard InChI is InChI=1S/C3H7NO2.C2H4O2/c1-4-2-3(5)6;1-2(3)4/h4H,2H2,1H3,(H,5,6);1H3,(H,3,4). The van der Waals surface area contributed by atoms with Crippen molar-refractivity contribution in [3.8, 4) is 0 Å². The molecule has 0 aliphatic rings. The van der Waals surface area contributed by atoms with Crippen molar-refractivity contribution in [3.05, 3.63) is 0 Å². The first kappa shape index (κ1) is 11.7. The number of carboxylic acids is 2. The topological polar surface area (TPSA) is 86.6 Å². The molecule has 0 aromatic heterocycles. The Balaban J connectivity index is 0. The molecule has 0 atom stereocenters. The van der Waals surface area contributed by atoms with Crippen molar-refractivity contribution in [2.45, 2.75) is 6.92 Å². The molecule has 60 valence electrons. The molecule has 0 spiro atoms. The SMILES string of the molecule is CC(=O)O.CNCC(=O)O. The Hall–Kier alpha value is -1.10. The fourth-order valence-corrected chi connectivity index (χ4v) is 0.151. The maximum absolute atomic E-state index is 9.54. The molecule has 5 heteroatoms. The van der Waals surface area contributed by atoms with Crippen molar-refractivity contribution in [2.24, 2.45) is 0 Å². The maximum atomic E-state index is 9.54. The lowest BCUT2D eigenvalue weighted by Gasteiger charge is -1.84. The van der Waals surface area contributed by atoms with Gasteiger partial charge in [0.1, 0.15) is 0 Å². The molecule has 0 aromatic carbocycles. The summed E-state index contributed by atoms with van der Waals surface area (Å²) in [4.78, 5) is 18.5. The number of hydrogen-bond donors (Lipinski definition) is 3. The second kappa shape index (κ2) is 7.90. The molecule has 0 heterocycles. The average Bonchev–Trinajstić information content (AvgIpc) is 1.62. The zero-order valence-corrected chi connectivity index (χ0v) is 5.92. The summed E-state index contributed by atoms with van der Waals surface area (Å²) in [5.41, 5.74) is 0. The minimum atomic E-state index is -0.833. The summed E-state index contributed by atoms with van der Waals surface area (Å²) < 4.78 is 0. The molecule has 5 nitrogen and oxygen atoms in total. The van der Waals surface area contributed by atoms with Gasteiger partial charge in [0.15, 0.2) is 0 Å². The van der Waals surface area contributed by atoms with Crippen molar-refractivity contribution >= 4 is 11.9 Å². The molecule has 0 saturated carbocycles. The molecule has 0 saturated heterocycles. The Kier molecular flexibility index (Phi) is 9.22. The molecule has 0 fully saturated rings. The van der Waals surface area contributed by atoms with Crippen LogP contribution in [0.15, 0.2) is 0 Å². The van der Waals surface area contributed by atoms with Crippen molar-refractivity contribution in [1.82, 2.24) is 5.32 Å². The third-order valence-corrected chi connectivity index (χ3v) is 0.328. The highest BCUT2D eigenvalue weighted by atomic mass is 16.4. The van der Waals surface area contributed by atoms with Gasteiger partial charge >= 0.3 is 5.97 Å². The van der Waals surface area contributed by atoms with E-state index < -0.39 is 11.9 Å². The van der Waals surface area contributed by atoms with Crippen LogP contribution in [-0.4, -0.2) is 35.7 Å². The third-order valence-electron chi connectivity index (χ3n) is 0.328. The summed E-state index contributed by atoms with van der Waals surface area (Å²) in [6.07, 6.45) is 0. The average molecular weight is 149 g/mol. The van der Waals surface area contributed by atoms with E-state index >= 15 is 0 Å². The zero-order chi connectivity index (χ0) is 8.57. The number of rotatable bonds is 2. The fourth-order valence-electron chi connectivity index (χ4n) is 0.151. The van der Waals surface area contributed by atoms with Crippen LogP contribution in [0.2, 0.25) is 0 Å². The monoisotopic (exact) mass is 149 g/mol. The van der Waals surface area contributed by atoms with E-state index in [1.54, 1.807) is 7.05 Å². The first-order valence-corrected chi connectivity index (χ1v) is 2.56. The largest absolute Gasteiger partial charge is 0.481 e. The lowest BCUT2D eigenvalue weighted by Crippen LogP contribution is -2.16. The summed E-state index contributed by atoms with van der Waals surface area (Å²) in [5.74, 6) is -1.66. The van der Waals surface area contributed by atoms with Crippen LogP contribution in [0.1, 0.15) is 6.92 Å². The Morgan fingerprint density at radius 2 is 1.70 bits per heavy atom. The molecule has 10 heavy (non-hydrogen) atoms. The van der Waals surface area contributed by atoms with Gasteiger partial charge in [-0.3, -0.25) is 9.59 Å². The Morgan fingerprint density at radius 1 is 1.40 bits per heavy atom. The van der Waals surface area contributed by atoms with Gasteiger partial charge in [0, 0.05) is 6.92 Å². The highest BCUT2D eigenvalue weighted by molar-refractivity contribution is 5.68. The van der Waals surface area contributed by atoms with Gasteiger partial charge in [-0.1, -0.05) is 0 Å². The van der Waals surface area contributed by atoms with Gasteiger partial charge in [0.25, 0.3) is 5.97 Å². The van der Waals surface area contributed by atoms with Crippen LogP contribution in [-0.2, 0) is 9.59 Å². The second-order valence-electron chi connectivity index (χ2n) is 1.44. The van der Waals surface area contributed by atoms with E-state index in [0.29, 0.717) is 0 Å². The molecule has 3 N–H and O–H groups in total. The number of carboxylic acid groups (broad SMARTS) is 2. The van der Waals surface area contributed by atoms with Gasteiger partial charge in [0.2, 0.25) is 0 Å². The highest BCUT2D eigenvalue weighted by Gasteiger charge is 1.86. The van der Waals surface area contributed by atoms with Gasteiger partial charge < -0.3 is 15.5 Å². The molecule has 0 amide bonds. The van der Waals surface area contributed by atoms with Crippen molar-refractivity contribution in [2.75, 3.05) is 13.6 Å². The number of aliphatic carboxylic acids is 2. The number of likely N-dealkylation sites (N-methyl/N-ethyl adjacent to an activating group) is 1. The van der Waals surface area contributed by atoms with E-state index in [-0.39, 0.29) is 6.54 Å². The minimum absolute atomic E-state index is 0.0417. The quantitative estimate of drug-likeness (QED) is 0.487. The summed E-state index contributed by atoms with van der Waals surface area (Å²) in [5, 5.41) is 17.7. The first-order chi connectivity index (χ1) is 4.50. The minimum Gasteiger partial charge on any atom is -0.481 e. The van der Waals surface area contributed by atoms with Gasteiger partial charge in [-0.25, -0.2) is 0 Å². The Labute approximate surface area is 58.7 Å². The molecule has 0 bridgehead atoms. The molecule has 0 aliphatic heterocycles. The molecule has 0 radical (unpaired) electrons. The van der Waals surface area contributed by atoms with Gasteiger partial charge in [0.05, 0.1) is 6.54 Å². The molecule has 0 unspecified atom stereocenters. The molecular weight excluding hydrogens is 138 g/mol. The lowest BCUT2D eigenvalue weighted by molar-refractivity contribution is -0.136. The maximum Gasteiger partial charge on any atom is 0.317 e. The van der Waals surface area contributed by atoms with Crippen molar-refractivity contribution in [3.63, 3.8) is 0 Å². The van der Waals surface area contributed by atoms with Crippen LogP contribution in [0.25, 0.3) is 0 Å². The molecule has 0 aromatic rings. The van der Waals surface area contributed by atoms with E-state index in [0.717, 1.165) is 6.92 Å². The summed E-state index contributed by atoms with van der Waals surface area (Å²) in [7, 11) is 1.59. The van der Waals surface area contributed by atoms with Crippen LogP contribution in [0, 0.1) is 0 Å². The van der Waals surface area contributed by atoms with Gasteiger partial charge in [-0.15, -0.1) is 0 Å². The number of carbonyl (C=O) groups is 2. The van der Waals surface area contributed by atoms with E-state index in [1.165, 1.54) is 0 Å². The van der Waals surface area contributed by atoms with E-state index in [4.69, 9.17) is 15.0 Å². The number of nitrogens with one attached hydrogen (secondary N) is 1. The summed E-state index contributed by atoms with van der Waals surface area (Å²) in [6.45, 7) is 1.12. The Morgan fingerprint density at radius 3 is 1.70 bits per heavy atom. The Bertz CT molecular complexity index is 108.